The number of hydrogen-bond acceptors (Lipinski definition) is 6. The largest absolute Gasteiger partial charge is 0.495 e. The molecule has 9 nitrogen and oxygen atoms in total. The van der Waals surface area contributed by atoms with E-state index in [0.29, 0.717) is 16.6 Å². The number of nitrogens with zero attached hydrogens (tertiary/aromatic N) is 3. The fourth-order valence-electron chi connectivity index (χ4n) is 2.65. The van der Waals surface area contributed by atoms with E-state index in [2.05, 4.69) is 15.5 Å². The summed E-state index contributed by atoms with van der Waals surface area (Å²) in [7, 11) is 0.461. The number of methoxy groups -OCH3 is 1. The van der Waals surface area contributed by atoms with Gasteiger partial charge in [0, 0.05) is 25.7 Å². The van der Waals surface area contributed by atoms with Crippen molar-refractivity contribution in [2.24, 2.45) is 0 Å². The van der Waals surface area contributed by atoms with Gasteiger partial charge in [0.15, 0.2) is 10.6 Å². The molecule has 1 aromatic carbocycles. The summed E-state index contributed by atoms with van der Waals surface area (Å²) in [6.07, 6.45) is 2.08. The minimum Gasteiger partial charge on any atom is -0.495 e. The molecule has 0 radical (unpaired) electrons. The molecule has 1 fully saturated rings. The summed E-state index contributed by atoms with van der Waals surface area (Å²) in [6.45, 7) is 0.185. The van der Waals surface area contributed by atoms with E-state index < -0.39 is 15.9 Å². The van der Waals surface area contributed by atoms with E-state index in [1.54, 1.807) is 0 Å². The van der Waals surface area contributed by atoms with E-state index >= 15 is 0 Å². The first-order valence-electron chi connectivity index (χ1n) is 8.30. The molecular formula is C16H21N5O4S2. The molecule has 2 N–H and O–H groups in total. The van der Waals surface area contributed by atoms with E-state index in [4.69, 9.17) is 17.0 Å². The molecule has 1 amide bonds. The van der Waals surface area contributed by atoms with E-state index in [1.807, 2.05) is 4.57 Å². The van der Waals surface area contributed by atoms with Gasteiger partial charge in [0.1, 0.15) is 10.6 Å². The molecule has 3 rings (SSSR count). The Morgan fingerprint density at radius 1 is 1.44 bits per heavy atom. The standard InChI is InChI=1S/C16H21N5O4S2/c1-20(2)27(23,24)13-8-10(4-7-12(13)25-3)15(22)17-9-14-18-19-16(26)21(14)11-5-6-11/h4,7-8,11H,5-6,9H2,1-3H3,(H,17,22)(H,19,26). The number of carbonyl (C=O) groups is 1. The molecule has 2 aromatic rings. The molecule has 1 saturated carbocycles. The number of hydrogen-bond donors (Lipinski definition) is 2. The van der Waals surface area contributed by atoms with Crippen molar-refractivity contribution in [3.63, 3.8) is 0 Å². The number of nitrogens with one attached hydrogen (secondary N) is 2. The molecule has 1 aromatic heterocycles. The summed E-state index contributed by atoms with van der Waals surface area (Å²) in [5.74, 6) is 0.407. The topological polar surface area (TPSA) is 109 Å². The number of amides is 1. The third-order valence-corrected chi connectivity index (χ3v) is 6.41. The van der Waals surface area contributed by atoms with Crippen LogP contribution in [-0.2, 0) is 16.6 Å². The van der Waals surface area contributed by atoms with Crippen LogP contribution in [0.25, 0.3) is 0 Å². The number of rotatable bonds is 7. The monoisotopic (exact) mass is 411 g/mol. The number of sulfonamides is 1. The molecule has 0 saturated heterocycles. The van der Waals surface area contributed by atoms with E-state index in [0.717, 1.165) is 17.1 Å². The lowest BCUT2D eigenvalue weighted by molar-refractivity contribution is 0.0949. The summed E-state index contributed by atoms with van der Waals surface area (Å²) >= 11 is 5.22. The molecule has 27 heavy (non-hydrogen) atoms. The van der Waals surface area contributed by atoms with Crippen molar-refractivity contribution in [2.45, 2.75) is 30.3 Å². The number of benzene rings is 1. The Balaban J connectivity index is 1.82. The van der Waals surface area contributed by atoms with Crippen molar-refractivity contribution in [3.05, 3.63) is 34.4 Å². The van der Waals surface area contributed by atoms with Crippen LogP contribution in [0.5, 0.6) is 5.75 Å². The summed E-state index contributed by atoms with van der Waals surface area (Å²) in [6, 6.07) is 4.62. The maximum absolute atomic E-state index is 12.5. The Kier molecular flexibility index (Phi) is 5.36. The number of carbonyl (C=O) groups excluding carboxylic acids is 1. The highest BCUT2D eigenvalue weighted by molar-refractivity contribution is 7.89. The van der Waals surface area contributed by atoms with Gasteiger partial charge < -0.3 is 10.1 Å². The van der Waals surface area contributed by atoms with Gasteiger partial charge in [0.25, 0.3) is 5.91 Å². The molecule has 0 aliphatic heterocycles. The predicted molar refractivity (Wildman–Crippen MR) is 101 cm³/mol. The molecule has 1 aliphatic rings. The van der Waals surface area contributed by atoms with Crippen LogP contribution in [0.1, 0.15) is 35.1 Å². The summed E-state index contributed by atoms with van der Waals surface area (Å²) < 4.78 is 33.6. The third kappa shape index (κ3) is 3.89. The molecule has 0 unspecified atom stereocenters. The Morgan fingerprint density at radius 2 is 2.15 bits per heavy atom. The van der Waals surface area contributed by atoms with Crippen molar-refractivity contribution in [3.8, 4) is 5.75 Å². The third-order valence-electron chi connectivity index (χ3n) is 4.28. The van der Waals surface area contributed by atoms with E-state index in [9.17, 15) is 13.2 Å². The Bertz CT molecular complexity index is 1020. The fourth-order valence-corrected chi connectivity index (χ4v) is 4.02. The molecule has 1 heterocycles. The summed E-state index contributed by atoms with van der Waals surface area (Å²) in [4.78, 5) is 12.5. The first-order chi connectivity index (χ1) is 12.8. The second kappa shape index (κ2) is 7.41. The molecule has 146 valence electrons. The van der Waals surface area contributed by atoms with Gasteiger partial charge in [-0.2, -0.15) is 5.10 Å². The lowest BCUT2D eigenvalue weighted by Gasteiger charge is -2.15. The minimum atomic E-state index is -3.76. The van der Waals surface area contributed by atoms with Crippen LogP contribution < -0.4 is 10.1 Å². The zero-order valence-electron chi connectivity index (χ0n) is 15.2. The lowest BCUT2D eigenvalue weighted by Crippen LogP contribution is -2.26. The average molecular weight is 412 g/mol. The van der Waals surface area contributed by atoms with Crippen molar-refractivity contribution in [2.75, 3.05) is 21.2 Å². The van der Waals surface area contributed by atoms with Gasteiger partial charge in [-0.1, -0.05) is 0 Å². The lowest BCUT2D eigenvalue weighted by atomic mass is 10.2. The second-order valence-corrected chi connectivity index (χ2v) is 8.89. The zero-order valence-corrected chi connectivity index (χ0v) is 16.9. The van der Waals surface area contributed by atoms with Gasteiger partial charge >= 0.3 is 0 Å². The molecule has 0 bridgehead atoms. The van der Waals surface area contributed by atoms with Crippen LogP contribution in [0.2, 0.25) is 0 Å². The Hall–Kier alpha value is -2.24. The fraction of sp³-hybridized carbons (Fsp3) is 0.438. The quantitative estimate of drug-likeness (QED) is 0.668. The summed E-state index contributed by atoms with van der Waals surface area (Å²) in [5.41, 5.74) is 0.211. The van der Waals surface area contributed by atoms with Crippen molar-refractivity contribution >= 4 is 28.1 Å². The minimum absolute atomic E-state index is 0.0664. The molecule has 1 aliphatic carbocycles. The first kappa shape index (κ1) is 19.5. The van der Waals surface area contributed by atoms with Gasteiger partial charge in [-0.3, -0.25) is 14.5 Å². The van der Waals surface area contributed by atoms with Gasteiger partial charge in [0.05, 0.1) is 13.7 Å². The van der Waals surface area contributed by atoms with Crippen molar-refractivity contribution in [1.82, 2.24) is 24.4 Å². The van der Waals surface area contributed by atoms with Gasteiger partial charge in [-0.05, 0) is 43.3 Å². The highest BCUT2D eigenvalue weighted by Crippen LogP contribution is 2.35. The van der Waals surface area contributed by atoms with Gasteiger partial charge in [-0.15, -0.1) is 0 Å². The van der Waals surface area contributed by atoms with Crippen LogP contribution in [0.4, 0.5) is 0 Å². The smallest absolute Gasteiger partial charge is 0.251 e. The van der Waals surface area contributed by atoms with Crippen molar-refractivity contribution in [1.29, 1.82) is 0 Å². The van der Waals surface area contributed by atoms with Crippen LogP contribution in [0.15, 0.2) is 23.1 Å². The number of aromatic nitrogens is 3. The maximum Gasteiger partial charge on any atom is 0.251 e. The predicted octanol–water partition coefficient (Wildman–Crippen LogP) is 1.46. The van der Waals surface area contributed by atoms with E-state index in [-0.39, 0.29) is 22.8 Å². The van der Waals surface area contributed by atoms with Crippen LogP contribution in [0, 0.1) is 4.77 Å². The molecule has 0 spiro atoms. The number of H-pyrrole nitrogens is 1. The molecule has 0 atom stereocenters. The van der Waals surface area contributed by atoms with Crippen LogP contribution in [0.3, 0.4) is 0 Å². The van der Waals surface area contributed by atoms with Gasteiger partial charge in [-0.25, -0.2) is 12.7 Å². The Morgan fingerprint density at radius 3 is 2.74 bits per heavy atom. The highest BCUT2D eigenvalue weighted by atomic mass is 32.2. The SMILES string of the molecule is COc1ccc(C(=O)NCc2n[nH]c(=S)n2C2CC2)cc1S(=O)(=O)N(C)C. The number of ether oxygens (including phenoxy) is 1. The number of aromatic amines is 1. The maximum atomic E-state index is 12.5. The van der Waals surface area contributed by atoms with Crippen LogP contribution in [-0.4, -0.2) is 54.6 Å². The van der Waals surface area contributed by atoms with Gasteiger partial charge in [0.2, 0.25) is 10.0 Å². The van der Waals surface area contributed by atoms with E-state index in [1.165, 1.54) is 39.4 Å². The average Bonchev–Trinajstić information content (AvgIpc) is 3.41. The highest BCUT2D eigenvalue weighted by Gasteiger charge is 2.27. The van der Waals surface area contributed by atoms with Crippen LogP contribution >= 0.6 is 12.2 Å². The second-order valence-electron chi connectivity index (χ2n) is 6.38. The summed E-state index contributed by atoms with van der Waals surface area (Å²) in [5, 5.41) is 9.66. The molecule has 11 heteroatoms. The zero-order chi connectivity index (χ0) is 19.8. The normalized spacial score (nSPS) is 14.4. The van der Waals surface area contributed by atoms with Crippen molar-refractivity contribution < 1.29 is 17.9 Å². The first-order valence-corrected chi connectivity index (χ1v) is 10.1. The molecular weight excluding hydrogens is 390 g/mol. The Labute approximate surface area is 162 Å².